The topological polar surface area (TPSA) is 116 Å². The largest absolute Gasteiger partial charge is 0.333 e. The van der Waals surface area contributed by atoms with Gasteiger partial charge < -0.3 is 5.32 Å². The van der Waals surface area contributed by atoms with Crippen LogP contribution >= 0.6 is 11.3 Å². The van der Waals surface area contributed by atoms with Crippen molar-refractivity contribution in [1.82, 2.24) is 16.2 Å². The van der Waals surface area contributed by atoms with Gasteiger partial charge in [0.15, 0.2) is 0 Å². The van der Waals surface area contributed by atoms with Crippen LogP contribution in [0.5, 0.6) is 0 Å². The van der Waals surface area contributed by atoms with Gasteiger partial charge >= 0.3 is 6.03 Å². The molecule has 0 aliphatic rings. The van der Waals surface area contributed by atoms with E-state index in [4.69, 9.17) is 0 Å². The minimum atomic E-state index is -3.36. The molecule has 3 amide bonds. The lowest BCUT2D eigenvalue weighted by atomic mass is 10.2. The maximum Gasteiger partial charge on any atom is 0.333 e. The zero-order valence-electron chi connectivity index (χ0n) is 12.7. The third kappa shape index (κ3) is 5.89. The van der Waals surface area contributed by atoms with E-state index in [0.29, 0.717) is 16.1 Å². The van der Waals surface area contributed by atoms with E-state index in [1.165, 1.54) is 11.3 Å². The van der Waals surface area contributed by atoms with Gasteiger partial charge in [-0.25, -0.2) is 18.6 Å². The molecule has 10 heteroatoms. The van der Waals surface area contributed by atoms with Gasteiger partial charge in [0.05, 0.1) is 11.1 Å². The number of carbonyl (C=O) groups is 2. The third-order valence-corrected chi connectivity index (χ3v) is 4.19. The number of urea groups is 1. The molecule has 128 valence electrons. The standard InChI is InChI=1S/C14H16N4O4S2/c1-24(21,22)18-11-5-2-4-10(8-11)9-15-14(20)17-16-13(19)12-6-3-7-23-12/h2-8,18H,9H2,1H3,(H,16,19)(H2,15,17,20). The summed E-state index contributed by atoms with van der Waals surface area (Å²) >= 11 is 1.26. The second-order valence-corrected chi connectivity index (χ2v) is 7.51. The maximum atomic E-state index is 11.7. The van der Waals surface area contributed by atoms with E-state index in [1.54, 1.807) is 41.8 Å². The van der Waals surface area contributed by atoms with Crippen LogP contribution in [0, 0.1) is 0 Å². The molecular formula is C14H16N4O4S2. The minimum Gasteiger partial charge on any atom is -0.333 e. The van der Waals surface area contributed by atoms with Crippen LogP contribution in [0.25, 0.3) is 0 Å². The number of hydrogen-bond acceptors (Lipinski definition) is 5. The summed E-state index contributed by atoms with van der Waals surface area (Å²) in [6.45, 7) is 0.167. The van der Waals surface area contributed by atoms with Crippen molar-refractivity contribution >= 4 is 39.0 Å². The summed E-state index contributed by atoms with van der Waals surface area (Å²) in [5.41, 5.74) is 5.62. The van der Waals surface area contributed by atoms with Gasteiger partial charge in [-0.15, -0.1) is 11.3 Å². The number of hydrogen-bond donors (Lipinski definition) is 4. The number of nitrogens with one attached hydrogen (secondary N) is 4. The molecule has 8 nitrogen and oxygen atoms in total. The van der Waals surface area contributed by atoms with Gasteiger partial charge in [0.1, 0.15) is 0 Å². The maximum absolute atomic E-state index is 11.7. The van der Waals surface area contributed by atoms with Crippen molar-refractivity contribution in [3.8, 4) is 0 Å². The van der Waals surface area contributed by atoms with Crippen LogP contribution in [0.4, 0.5) is 10.5 Å². The summed E-state index contributed by atoms with van der Waals surface area (Å²) < 4.78 is 24.7. The minimum absolute atomic E-state index is 0.167. The molecular weight excluding hydrogens is 352 g/mol. The molecule has 0 spiro atoms. The molecule has 1 aromatic carbocycles. The fourth-order valence-electron chi connectivity index (χ4n) is 1.77. The number of hydrazine groups is 1. The summed E-state index contributed by atoms with van der Waals surface area (Å²) in [4.78, 5) is 23.8. The summed E-state index contributed by atoms with van der Waals surface area (Å²) in [7, 11) is -3.36. The number of amides is 3. The number of anilines is 1. The molecule has 0 saturated carbocycles. The second kappa shape index (κ2) is 7.79. The van der Waals surface area contributed by atoms with Crippen molar-refractivity contribution in [2.24, 2.45) is 0 Å². The first-order valence-corrected chi connectivity index (χ1v) is 9.55. The smallest absolute Gasteiger partial charge is 0.333 e. The molecule has 1 heterocycles. The first kappa shape index (κ1) is 17.8. The van der Waals surface area contributed by atoms with Crippen molar-refractivity contribution in [3.05, 3.63) is 52.2 Å². The van der Waals surface area contributed by atoms with Gasteiger partial charge in [-0.3, -0.25) is 14.9 Å². The molecule has 2 aromatic rings. The molecule has 0 aliphatic heterocycles. The molecule has 0 saturated heterocycles. The Balaban J connectivity index is 1.81. The molecule has 0 bridgehead atoms. The van der Waals surface area contributed by atoms with E-state index >= 15 is 0 Å². The summed E-state index contributed by atoms with van der Waals surface area (Å²) in [5, 5.41) is 4.31. The molecule has 2 rings (SSSR count). The highest BCUT2D eigenvalue weighted by molar-refractivity contribution is 7.92. The van der Waals surface area contributed by atoms with Gasteiger partial charge in [0.25, 0.3) is 5.91 Å². The number of sulfonamides is 1. The monoisotopic (exact) mass is 368 g/mol. The Morgan fingerprint density at radius 2 is 1.92 bits per heavy atom. The Labute approximate surface area is 143 Å². The lowest BCUT2D eigenvalue weighted by Gasteiger charge is -2.10. The Kier molecular flexibility index (Phi) is 5.77. The van der Waals surface area contributed by atoms with Crippen LogP contribution in [-0.2, 0) is 16.6 Å². The highest BCUT2D eigenvalue weighted by Gasteiger charge is 2.08. The van der Waals surface area contributed by atoms with Crippen LogP contribution in [0.1, 0.15) is 15.2 Å². The summed E-state index contributed by atoms with van der Waals surface area (Å²) in [6.07, 6.45) is 1.06. The van der Waals surface area contributed by atoms with Crippen LogP contribution in [0.2, 0.25) is 0 Å². The molecule has 0 atom stereocenters. The van der Waals surface area contributed by atoms with E-state index in [9.17, 15) is 18.0 Å². The zero-order valence-corrected chi connectivity index (χ0v) is 14.3. The van der Waals surface area contributed by atoms with Crippen molar-refractivity contribution in [2.45, 2.75) is 6.54 Å². The van der Waals surface area contributed by atoms with E-state index in [-0.39, 0.29) is 6.54 Å². The van der Waals surface area contributed by atoms with Crippen LogP contribution in [-0.4, -0.2) is 26.6 Å². The molecule has 4 N–H and O–H groups in total. The number of benzene rings is 1. The number of thiophene rings is 1. The lowest BCUT2D eigenvalue weighted by molar-refractivity contribution is 0.0940. The Morgan fingerprint density at radius 3 is 2.58 bits per heavy atom. The molecule has 24 heavy (non-hydrogen) atoms. The van der Waals surface area contributed by atoms with Crippen LogP contribution < -0.4 is 20.9 Å². The second-order valence-electron chi connectivity index (χ2n) is 4.81. The zero-order chi connectivity index (χ0) is 17.6. The Hall–Kier alpha value is -2.59. The van der Waals surface area contributed by atoms with Gasteiger partial charge in [0.2, 0.25) is 10.0 Å². The average Bonchev–Trinajstić information content (AvgIpc) is 3.03. The van der Waals surface area contributed by atoms with E-state index in [2.05, 4.69) is 20.9 Å². The molecule has 0 fully saturated rings. The predicted molar refractivity (Wildman–Crippen MR) is 92.1 cm³/mol. The summed E-state index contributed by atoms with van der Waals surface area (Å²) in [5.74, 6) is -0.403. The number of rotatable bonds is 5. The molecule has 0 radical (unpaired) electrons. The van der Waals surface area contributed by atoms with Crippen LogP contribution in [0.3, 0.4) is 0 Å². The third-order valence-electron chi connectivity index (χ3n) is 2.72. The van der Waals surface area contributed by atoms with Crippen LogP contribution in [0.15, 0.2) is 41.8 Å². The first-order valence-electron chi connectivity index (χ1n) is 6.78. The van der Waals surface area contributed by atoms with Crippen molar-refractivity contribution in [2.75, 3.05) is 11.0 Å². The van der Waals surface area contributed by atoms with E-state index < -0.39 is 22.0 Å². The van der Waals surface area contributed by atoms with E-state index in [0.717, 1.165) is 6.26 Å². The van der Waals surface area contributed by atoms with Crippen molar-refractivity contribution < 1.29 is 18.0 Å². The van der Waals surface area contributed by atoms with Gasteiger partial charge in [-0.05, 0) is 29.1 Å². The highest BCUT2D eigenvalue weighted by atomic mass is 32.2. The lowest BCUT2D eigenvalue weighted by Crippen LogP contribution is -2.46. The fraction of sp³-hybridized carbons (Fsp3) is 0.143. The molecule has 1 aromatic heterocycles. The van der Waals surface area contributed by atoms with Crippen molar-refractivity contribution in [3.63, 3.8) is 0 Å². The van der Waals surface area contributed by atoms with Gasteiger partial charge in [0, 0.05) is 12.2 Å². The van der Waals surface area contributed by atoms with Crippen molar-refractivity contribution in [1.29, 1.82) is 0 Å². The average molecular weight is 368 g/mol. The fourth-order valence-corrected chi connectivity index (χ4v) is 2.94. The normalized spacial score (nSPS) is 10.7. The quantitative estimate of drug-likeness (QED) is 0.595. The Morgan fingerprint density at radius 1 is 1.12 bits per heavy atom. The molecule has 0 unspecified atom stereocenters. The highest BCUT2D eigenvalue weighted by Crippen LogP contribution is 2.11. The SMILES string of the molecule is CS(=O)(=O)Nc1cccc(CNC(=O)NNC(=O)c2cccs2)c1. The summed E-state index contributed by atoms with van der Waals surface area (Å²) in [6, 6.07) is 9.40. The number of carbonyl (C=O) groups excluding carboxylic acids is 2. The van der Waals surface area contributed by atoms with E-state index in [1.807, 2.05) is 0 Å². The van der Waals surface area contributed by atoms with Gasteiger partial charge in [-0.1, -0.05) is 18.2 Å². The van der Waals surface area contributed by atoms with Gasteiger partial charge in [-0.2, -0.15) is 0 Å². The molecule has 0 aliphatic carbocycles. The predicted octanol–water partition coefficient (Wildman–Crippen LogP) is 1.26. The Bertz CT molecular complexity index is 819. The first-order chi connectivity index (χ1) is 11.3.